The van der Waals surface area contributed by atoms with Gasteiger partial charge < -0.3 is 10.6 Å². The Hall–Kier alpha value is -2.48. The summed E-state index contributed by atoms with van der Waals surface area (Å²) in [6, 6.07) is 9.48. The normalized spacial score (nSPS) is 15.0. The molecule has 0 saturated carbocycles. The molecule has 1 aliphatic rings. The van der Waals surface area contributed by atoms with E-state index in [0.29, 0.717) is 35.1 Å². The third kappa shape index (κ3) is 4.12. The summed E-state index contributed by atoms with van der Waals surface area (Å²) in [4.78, 5) is 20.5. The van der Waals surface area contributed by atoms with Crippen molar-refractivity contribution >= 4 is 28.2 Å². The van der Waals surface area contributed by atoms with Crippen molar-refractivity contribution in [1.82, 2.24) is 19.8 Å². The SMILES string of the molecule is CCNc1cc(Cl)ccc1-n1c(CN2CCNCC2)nc2ccc(F)cc2c1=O. The van der Waals surface area contributed by atoms with Crippen LogP contribution in [0.25, 0.3) is 16.6 Å². The van der Waals surface area contributed by atoms with Gasteiger partial charge in [0.15, 0.2) is 0 Å². The molecule has 152 valence electrons. The summed E-state index contributed by atoms with van der Waals surface area (Å²) in [6.07, 6.45) is 0. The number of halogens is 2. The first-order valence-electron chi connectivity index (χ1n) is 9.75. The third-order valence-corrected chi connectivity index (χ3v) is 5.28. The fraction of sp³-hybridized carbons (Fsp3) is 0.333. The van der Waals surface area contributed by atoms with Crippen LogP contribution in [0.5, 0.6) is 0 Å². The average Bonchev–Trinajstić information content (AvgIpc) is 2.71. The second kappa shape index (κ2) is 8.49. The highest BCUT2D eigenvalue weighted by atomic mass is 35.5. The summed E-state index contributed by atoms with van der Waals surface area (Å²) in [5.41, 5.74) is 1.60. The van der Waals surface area contributed by atoms with Crippen LogP contribution in [0.3, 0.4) is 0 Å². The second-order valence-electron chi connectivity index (χ2n) is 7.05. The topological polar surface area (TPSA) is 62.2 Å². The van der Waals surface area contributed by atoms with E-state index in [1.54, 1.807) is 28.8 Å². The van der Waals surface area contributed by atoms with Crippen molar-refractivity contribution in [2.24, 2.45) is 0 Å². The van der Waals surface area contributed by atoms with Crippen LogP contribution in [-0.2, 0) is 6.54 Å². The van der Waals surface area contributed by atoms with Crippen LogP contribution < -0.4 is 16.2 Å². The van der Waals surface area contributed by atoms with E-state index < -0.39 is 5.82 Å². The molecule has 0 unspecified atom stereocenters. The Labute approximate surface area is 173 Å². The monoisotopic (exact) mass is 415 g/mol. The highest BCUT2D eigenvalue weighted by molar-refractivity contribution is 6.31. The predicted octanol–water partition coefficient (Wildman–Crippen LogP) is 3.02. The molecule has 2 aromatic carbocycles. The maximum absolute atomic E-state index is 13.9. The Morgan fingerprint density at radius 3 is 2.76 bits per heavy atom. The van der Waals surface area contributed by atoms with Crippen molar-refractivity contribution in [2.45, 2.75) is 13.5 Å². The summed E-state index contributed by atoms with van der Waals surface area (Å²) >= 11 is 6.18. The minimum absolute atomic E-state index is 0.256. The molecule has 2 N–H and O–H groups in total. The van der Waals surface area contributed by atoms with Crippen LogP contribution in [0.2, 0.25) is 5.02 Å². The van der Waals surface area contributed by atoms with E-state index in [4.69, 9.17) is 16.6 Å². The molecule has 2 heterocycles. The van der Waals surface area contributed by atoms with Crippen molar-refractivity contribution in [1.29, 1.82) is 0 Å². The Morgan fingerprint density at radius 1 is 1.21 bits per heavy atom. The summed E-state index contributed by atoms with van der Waals surface area (Å²) in [6.45, 7) is 6.71. The van der Waals surface area contributed by atoms with Crippen LogP contribution in [0.1, 0.15) is 12.7 Å². The maximum Gasteiger partial charge on any atom is 0.266 e. The Bertz CT molecular complexity index is 1090. The van der Waals surface area contributed by atoms with Gasteiger partial charge in [-0.15, -0.1) is 0 Å². The van der Waals surface area contributed by atoms with Gasteiger partial charge in [-0.3, -0.25) is 14.3 Å². The average molecular weight is 416 g/mol. The molecule has 1 saturated heterocycles. The minimum atomic E-state index is -0.458. The van der Waals surface area contributed by atoms with Crippen molar-refractivity contribution in [3.63, 3.8) is 0 Å². The van der Waals surface area contributed by atoms with E-state index in [9.17, 15) is 9.18 Å². The van der Waals surface area contributed by atoms with Crippen LogP contribution in [0.15, 0.2) is 41.2 Å². The fourth-order valence-corrected chi connectivity index (χ4v) is 3.83. The molecule has 4 rings (SSSR count). The standard InChI is InChI=1S/C21H23ClFN5O/c1-2-25-18-11-14(22)3-6-19(18)28-20(13-27-9-7-24-8-10-27)26-17-5-4-15(23)12-16(17)21(28)29/h3-6,11-12,24-25H,2,7-10,13H2,1H3. The predicted molar refractivity (Wildman–Crippen MR) is 115 cm³/mol. The van der Waals surface area contributed by atoms with E-state index in [2.05, 4.69) is 15.5 Å². The first-order chi connectivity index (χ1) is 14.1. The van der Waals surface area contributed by atoms with Gasteiger partial charge in [0.2, 0.25) is 0 Å². The van der Waals surface area contributed by atoms with Crippen LogP contribution in [0, 0.1) is 5.82 Å². The van der Waals surface area contributed by atoms with Crippen LogP contribution in [-0.4, -0.2) is 47.2 Å². The molecule has 0 amide bonds. The summed E-state index contributed by atoms with van der Waals surface area (Å²) in [5.74, 6) is 0.165. The van der Waals surface area contributed by atoms with E-state index in [-0.39, 0.29) is 10.9 Å². The highest BCUT2D eigenvalue weighted by Crippen LogP contribution is 2.26. The number of anilines is 1. The lowest BCUT2D eigenvalue weighted by atomic mass is 10.2. The maximum atomic E-state index is 13.9. The van der Waals surface area contributed by atoms with Crippen molar-refractivity contribution in [3.8, 4) is 5.69 Å². The Morgan fingerprint density at radius 2 is 2.00 bits per heavy atom. The first kappa shape index (κ1) is 19.8. The molecule has 8 heteroatoms. The van der Waals surface area contributed by atoms with Gasteiger partial charge in [-0.1, -0.05) is 11.6 Å². The van der Waals surface area contributed by atoms with Gasteiger partial charge in [0, 0.05) is 37.7 Å². The highest BCUT2D eigenvalue weighted by Gasteiger charge is 2.19. The summed E-state index contributed by atoms with van der Waals surface area (Å²) in [5, 5.41) is 7.42. The zero-order valence-electron chi connectivity index (χ0n) is 16.2. The molecule has 3 aromatic rings. The number of nitrogens with one attached hydrogen (secondary N) is 2. The lowest BCUT2D eigenvalue weighted by molar-refractivity contribution is 0.226. The molecule has 0 spiro atoms. The Balaban J connectivity index is 1.93. The largest absolute Gasteiger partial charge is 0.384 e. The van der Waals surface area contributed by atoms with Crippen molar-refractivity contribution in [3.05, 3.63) is 63.4 Å². The number of piperazine rings is 1. The zero-order valence-corrected chi connectivity index (χ0v) is 17.0. The van der Waals surface area contributed by atoms with Gasteiger partial charge in [-0.25, -0.2) is 9.37 Å². The van der Waals surface area contributed by atoms with E-state index >= 15 is 0 Å². The molecular formula is C21H23ClFN5O. The van der Waals surface area contributed by atoms with E-state index in [1.165, 1.54) is 12.1 Å². The number of rotatable bonds is 5. The molecule has 0 radical (unpaired) electrons. The molecule has 0 aliphatic carbocycles. The lowest BCUT2D eigenvalue weighted by Gasteiger charge is -2.28. The van der Waals surface area contributed by atoms with Crippen LogP contribution >= 0.6 is 11.6 Å². The lowest BCUT2D eigenvalue weighted by Crippen LogP contribution is -2.44. The number of benzene rings is 2. The van der Waals surface area contributed by atoms with Gasteiger partial charge >= 0.3 is 0 Å². The summed E-state index contributed by atoms with van der Waals surface area (Å²) < 4.78 is 15.4. The molecule has 1 aromatic heterocycles. The van der Waals surface area contributed by atoms with Crippen LogP contribution in [0.4, 0.5) is 10.1 Å². The molecule has 0 bridgehead atoms. The molecule has 1 aliphatic heterocycles. The van der Waals surface area contributed by atoms with Gasteiger partial charge in [-0.2, -0.15) is 0 Å². The molecular weight excluding hydrogens is 393 g/mol. The van der Waals surface area contributed by atoms with Gasteiger partial charge in [0.25, 0.3) is 5.56 Å². The van der Waals surface area contributed by atoms with Crippen molar-refractivity contribution < 1.29 is 4.39 Å². The van der Waals surface area contributed by atoms with E-state index in [1.807, 2.05) is 6.92 Å². The van der Waals surface area contributed by atoms with Crippen molar-refractivity contribution in [2.75, 3.05) is 38.0 Å². The smallest absolute Gasteiger partial charge is 0.266 e. The Kier molecular flexibility index (Phi) is 5.80. The number of hydrogen-bond acceptors (Lipinski definition) is 5. The minimum Gasteiger partial charge on any atom is -0.384 e. The number of nitrogens with zero attached hydrogens (tertiary/aromatic N) is 3. The van der Waals surface area contributed by atoms with Gasteiger partial charge in [0.05, 0.1) is 28.8 Å². The molecule has 6 nitrogen and oxygen atoms in total. The number of aromatic nitrogens is 2. The third-order valence-electron chi connectivity index (χ3n) is 5.04. The first-order valence-corrected chi connectivity index (χ1v) is 10.1. The summed E-state index contributed by atoms with van der Waals surface area (Å²) in [7, 11) is 0. The molecule has 0 atom stereocenters. The second-order valence-corrected chi connectivity index (χ2v) is 7.48. The number of fused-ring (bicyclic) bond motifs is 1. The van der Waals surface area contributed by atoms with Gasteiger partial charge in [0.1, 0.15) is 11.6 Å². The molecule has 1 fully saturated rings. The number of hydrogen-bond donors (Lipinski definition) is 2. The van der Waals surface area contributed by atoms with E-state index in [0.717, 1.165) is 31.9 Å². The fourth-order valence-electron chi connectivity index (χ4n) is 3.66. The molecule has 29 heavy (non-hydrogen) atoms. The zero-order chi connectivity index (χ0) is 20.4. The quantitative estimate of drug-likeness (QED) is 0.670. The van der Waals surface area contributed by atoms with Gasteiger partial charge in [-0.05, 0) is 43.3 Å².